The number of aromatic nitrogens is 2. The molecular formula is C17H14N2O2. The lowest BCUT2D eigenvalue weighted by atomic mass is 10.1. The standard InChI is InChI=1S/C17H14N2O2/c1-10-3-5-11(6-4-10)15-17-16(19-18-15)13-9-12(20-2)7-8-14(13)21-17/h3-9H,1-2H3,(H,18,19). The van der Waals surface area contributed by atoms with Gasteiger partial charge in [0, 0.05) is 10.9 Å². The summed E-state index contributed by atoms with van der Waals surface area (Å²) in [6.07, 6.45) is 0. The summed E-state index contributed by atoms with van der Waals surface area (Å²) in [5, 5.41) is 8.46. The number of nitrogens with zero attached hydrogens (tertiary/aromatic N) is 1. The van der Waals surface area contributed by atoms with Gasteiger partial charge in [-0.1, -0.05) is 29.8 Å². The molecular weight excluding hydrogens is 264 g/mol. The van der Waals surface area contributed by atoms with E-state index in [1.54, 1.807) is 7.11 Å². The molecule has 0 radical (unpaired) electrons. The number of rotatable bonds is 2. The van der Waals surface area contributed by atoms with Crippen LogP contribution in [0.3, 0.4) is 0 Å². The number of benzene rings is 2. The predicted octanol–water partition coefficient (Wildman–Crippen LogP) is 4.29. The van der Waals surface area contributed by atoms with Crippen LogP contribution in [0.4, 0.5) is 0 Å². The summed E-state index contributed by atoms with van der Waals surface area (Å²) < 4.78 is 11.2. The van der Waals surface area contributed by atoms with Crippen LogP contribution in [-0.4, -0.2) is 17.3 Å². The summed E-state index contributed by atoms with van der Waals surface area (Å²) in [5.41, 5.74) is 5.60. The maximum Gasteiger partial charge on any atom is 0.181 e. The number of methoxy groups -OCH3 is 1. The summed E-state index contributed by atoms with van der Waals surface area (Å²) in [6, 6.07) is 14.0. The van der Waals surface area contributed by atoms with Crippen LogP contribution in [0.1, 0.15) is 5.56 Å². The van der Waals surface area contributed by atoms with Crippen molar-refractivity contribution in [3.63, 3.8) is 0 Å². The maximum absolute atomic E-state index is 5.96. The molecule has 0 aliphatic carbocycles. The molecule has 0 unspecified atom stereocenters. The van der Waals surface area contributed by atoms with Crippen molar-refractivity contribution in [1.29, 1.82) is 0 Å². The van der Waals surface area contributed by atoms with Gasteiger partial charge in [-0.05, 0) is 25.1 Å². The van der Waals surface area contributed by atoms with Crippen molar-refractivity contribution >= 4 is 22.1 Å². The topological polar surface area (TPSA) is 51.1 Å². The fourth-order valence-electron chi connectivity index (χ4n) is 2.55. The molecule has 4 nitrogen and oxygen atoms in total. The molecule has 0 amide bonds. The van der Waals surface area contributed by atoms with Crippen molar-refractivity contribution in [2.24, 2.45) is 0 Å². The summed E-state index contributed by atoms with van der Waals surface area (Å²) in [4.78, 5) is 0. The lowest BCUT2D eigenvalue weighted by Gasteiger charge is -1.98. The van der Waals surface area contributed by atoms with Gasteiger partial charge >= 0.3 is 0 Å². The molecule has 2 aromatic heterocycles. The number of nitrogens with one attached hydrogen (secondary N) is 1. The molecule has 21 heavy (non-hydrogen) atoms. The van der Waals surface area contributed by atoms with Gasteiger partial charge in [-0.25, -0.2) is 0 Å². The van der Waals surface area contributed by atoms with E-state index < -0.39 is 0 Å². The minimum atomic E-state index is 0.780. The Labute approximate surface area is 121 Å². The van der Waals surface area contributed by atoms with Crippen molar-refractivity contribution in [3.8, 4) is 17.0 Å². The Balaban J connectivity index is 1.97. The third-order valence-electron chi connectivity index (χ3n) is 3.71. The SMILES string of the molecule is COc1ccc2oc3c(-c4ccc(C)cc4)n[nH]c3c2c1. The molecule has 1 N–H and O–H groups in total. The second kappa shape index (κ2) is 4.38. The summed E-state index contributed by atoms with van der Waals surface area (Å²) in [5.74, 6) is 0.802. The monoisotopic (exact) mass is 278 g/mol. The molecule has 104 valence electrons. The van der Waals surface area contributed by atoms with Gasteiger partial charge in [0.2, 0.25) is 0 Å². The molecule has 0 atom stereocenters. The highest BCUT2D eigenvalue weighted by molar-refractivity contribution is 6.07. The van der Waals surface area contributed by atoms with Gasteiger partial charge in [0.05, 0.1) is 7.11 Å². The zero-order chi connectivity index (χ0) is 14.4. The highest BCUT2D eigenvalue weighted by Gasteiger charge is 2.16. The van der Waals surface area contributed by atoms with Crippen molar-refractivity contribution < 1.29 is 9.15 Å². The largest absolute Gasteiger partial charge is 0.497 e. The first-order chi connectivity index (χ1) is 10.3. The van der Waals surface area contributed by atoms with Gasteiger partial charge in [0.15, 0.2) is 5.58 Å². The lowest BCUT2D eigenvalue weighted by molar-refractivity contribution is 0.415. The van der Waals surface area contributed by atoms with E-state index in [9.17, 15) is 0 Å². The second-order valence-electron chi connectivity index (χ2n) is 5.11. The first-order valence-electron chi connectivity index (χ1n) is 6.78. The van der Waals surface area contributed by atoms with E-state index in [1.807, 2.05) is 18.2 Å². The minimum Gasteiger partial charge on any atom is -0.497 e. The van der Waals surface area contributed by atoms with Crippen LogP contribution in [0, 0.1) is 6.92 Å². The average Bonchev–Trinajstić information content (AvgIpc) is 3.06. The summed E-state index contributed by atoms with van der Waals surface area (Å²) in [6.45, 7) is 2.07. The average molecular weight is 278 g/mol. The third kappa shape index (κ3) is 1.80. The van der Waals surface area contributed by atoms with Gasteiger partial charge < -0.3 is 9.15 Å². The van der Waals surface area contributed by atoms with Crippen molar-refractivity contribution in [2.45, 2.75) is 6.92 Å². The predicted molar refractivity (Wildman–Crippen MR) is 82.6 cm³/mol. The van der Waals surface area contributed by atoms with E-state index in [0.29, 0.717) is 0 Å². The molecule has 0 saturated carbocycles. The number of H-pyrrole nitrogens is 1. The second-order valence-corrected chi connectivity index (χ2v) is 5.11. The number of furan rings is 1. The van der Waals surface area contributed by atoms with Gasteiger partial charge in [-0.2, -0.15) is 5.10 Å². The molecule has 0 saturated heterocycles. The molecule has 0 fully saturated rings. The van der Waals surface area contributed by atoms with Crippen LogP contribution in [-0.2, 0) is 0 Å². The van der Waals surface area contributed by atoms with E-state index in [-0.39, 0.29) is 0 Å². The zero-order valence-corrected chi connectivity index (χ0v) is 11.8. The van der Waals surface area contributed by atoms with Gasteiger partial charge in [0.25, 0.3) is 0 Å². The van der Waals surface area contributed by atoms with Crippen LogP contribution in [0.5, 0.6) is 5.75 Å². The van der Waals surface area contributed by atoms with E-state index in [4.69, 9.17) is 9.15 Å². The smallest absolute Gasteiger partial charge is 0.181 e. The summed E-state index contributed by atoms with van der Waals surface area (Å²) >= 11 is 0. The number of hydrogen-bond donors (Lipinski definition) is 1. The molecule has 2 aromatic carbocycles. The molecule has 0 aliphatic heterocycles. The number of ether oxygens (including phenoxy) is 1. The van der Waals surface area contributed by atoms with Crippen LogP contribution in [0.25, 0.3) is 33.3 Å². The molecule has 0 aliphatic rings. The van der Waals surface area contributed by atoms with E-state index in [1.165, 1.54) is 5.56 Å². The molecule has 0 spiro atoms. The van der Waals surface area contributed by atoms with Crippen molar-refractivity contribution in [2.75, 3.05) is 7.11 Å². The Hall–Kier alpha value is -2.75. The maximum atomic E-state index is 5.96. The fraction of sp³-hybridized carbons (Fsp3) is 0.118. The number of aromatic amines is 1. The highest BCUT2D eigenvalue weighted by Crippen LogP contribution is 2.35. The highest BCUT2D eigenvalue weighted by atomic mass is 16.5. The Morgan fingerprint density at radius 3 is 2.67 bits per heavy atom. The minimum absolute atomic E-state index is 0.780. The third-order valence-corrected chi connectivity index (χ3v) is 3.71. The number of fused-ring (bicyclic) bond motifs is 3. The first-order valence-corrected chi connectivity index (χ1v) is 6.78. The molecule has 4 rings (SSSR count). The van der Waals surface area contributed by atoms with Crippen molar-refractivity contribution in [1.82, 2.24) is 10.2 Å². The van der Waals surface area contributed by atoms with E-state index in [0.717, 1.165) is 39.1 Å². The lowest BCUT2D eigenvalue weighted by Crippen LogP contribution is -1.81. The molecule has 2 heterocycles. The van der Waals surface area contributed by atoms with Crippen LogP contribution < -0.4 is 4.74 Å². The normalized spacial score (nSPS) is 11.3. The number of hydrogen-bond acceptors (Lipinski definition) is 3. The molecule has 0 bridgehead atoms. The van der Waals surface area contributed by atoms with Crippen molar-refractivity contribution in [3.05, 3.63) is 48.0 Å². The zero-order valence-electron chi connectivity index (χ0n) is 11.8. The van der Waals surface area contributed by atoms with Gasteiger partial charge in [0.1, 0.15) is 22.5 Å². The summed E-state index contributed by atoms with van der Waals surface area (Å²) in [7, 11) is 1.66. The first kappa shape index (κ1) is 12.0. The Morgan fingerprint density at radius 2 is 1.90 bits per heavy atom. The quantitative estimate of drug-likeness (QED) is 0.595. The Morgan fingerprint density at radius 1 is 1.10 bits per heavy atom. The Kier molecular flexibility index (Phi) is 2.51. The van der Waals surface area contributed by atoms with Gasteiger partial charge in [-0.3, -0.25) is 5.10 Å². The Bertz CT molecular complexity index is 933. The van der Waals surface area contributed by atoms with Crippen LogP contribution in [0.2, 0.25) is 0 Å². The van der Waals surface area contributed by atoms with Gasteiger partial charge in [-0.15, -0.1) is 0 Å². The van der Waals surface area contributed by atoms with E-state index >= 15 is 0 Å². The molecule has 4 aromatic rings. The fourth-order valence-corrected chi connectivity index (χ4v) is 2.55. The molecule has 4 heteroatoms. The van der Waals surface area contributed by atoms with E-state index in [2.05, 4.69) is 41.4 Å². The number of aryl methyl sites for hydroxylation is 1. The van der Waals surface area contributed by atoms with Crippen LogP contribution >= 0.6 is 0 Å². The van der Waals surface area contributed by atoms with Crippen LogP contribution in [0.15, 0.2) is 46.9 Å².